The quantitative estimate of drug-likeness (QED) is 0.0884. The summed E-state index contributed by atoms with van der Waals surface area (Å²) in [6.07, 6.45) is 23.4. The summed E-state index contributed by atoms with van der Waals surface area (Å²) in [6.45, 7) is 5.34. The van der Waals surface area contributed by atoms with E-state index < -0.39 is 11.9 Å². The Kier molecular flexibility index (Phi) is 12.2. The zero-order valence-electron chi connectivity index (χ0n) is 26.0. The first-order valence-corrected chi connectivity index (χ1v) is 15.9. The Balaban J connectivity index is 1.53. The molecule has 6 heteroatoms. The Bertz CT molecular complexity index is 1480. The van der Waals surface area contributed by atoms with Crippen LogP contribution < -0.4 is 4.74 Å². The molecule has 4 rings (SSSR count). The fourth-order valence-electron chi connectivity index (χ4n) is 6.25. The molecule has 1 fully saturated rings. The van der Waals surface area contributed by atoms with Gasteiger partial charge in [-0.1, -0.05) is 94.0 Å². The number of aldehydes is 2. The van der Waals surface area contributed by atoms with Crippen molar-refractivity contribution in [1.82, 2.24) is 0 Å². The van der Waals surface area contributed by atoms with Crippen LogP contribution in [0.3, 0.4) is 0 Å². The zero-order chi connectivity index (χ0) is 32.1. The van der Waals surface area contributed by atoms with Crippen molar-refractivity contribution in [1.29, 1.82) is 0 Å². The molecule has 1 saturated carbocycles. The number of benzene rings is 2. The lowest BCUT2D eigenvalue weighted by atomic mass is 9.62. The van der Waals surface area contributed by atoms with Crippen molar-refractivity contribution in [3.05, 3.63) is 125 Å². The fraction of sp³-hybridized carbons (Fsp3) is 0.333. The van der Waals surface area contributed by atoms with Crippen LogP contribution in [0.2, 0.25) is 0 Å². The predicted molar refractivity (Wildman–Crippen MR) is 176 cm³/mol. The highest BCUT2D eigenvalue weighted by atomic mass is 16.5. The SMILES string of the molecule is C=C(C=O)/C=C\C(=C/C)C(=O)Oc1ccc(C2(C3C=CC(OC(=O)c4ccc(C=O)cc4)=CC3)CCCCCCCCC2)cc1. The molecule has 2 aromatic rings. The Labute approximate surface area is 266 Å². The molecule has 234 valence electrons. The van der Waals surface area contributed by atoms with Gasteiger partial charge in [-0.2, -0.15) is 0 Å². The lowest BCUT2D eigenvalue weighted by Crippen LogP contribution is -2.35. The first-order chi connectivity index (χ1) is 21.9. The molecule has 1 unspecified atom stereocenters. The summed E-state index contributed by atoms with van der Waals surface area (Å²) in [5, 5.41) is 0. The summed E-state index contributed by atoms with van der Waals surface area (Å²) in [5.41, 5.74) is 2.61. The number of carbonyl (C=O) groups excluding carboxylic acids is 4. The van der Waals surface area contributed by atoms with E-state index >= 15 is 0 Å². The lowest BCUT2D eigenvalue weighted by molar-refractivity contribution is -0.129. The monoisotopic (exact) mass is 606 g/mol. The molecular weight excluding hydrogens is 564 g/mol. The van der Waals surface area contributed by atoms with Crippen LogP contribution in [-0.2, 0) is 19.7 Å². The number of esters is 2. The zero-order valence-corrected chi connectivity index (χ0v) is 26.0. The first-order valence-electron chi connectivity index (χ1n) is 15.9. The van der Waals surface area contributed by atoms with E-state index in [9.17, 15) is 19.2 Å². The van der Waals surface area contributed by atoms with Crippen LogP contribution >= 0.6 is 0 Å². The minimum atomic E-state index is -0.504. The Morgan fingerprint density at radius 2 is 1.49 bits per heavy atom. The molecule has 2 aliphatic rings. The third kappa shape index (κ3) is 8.98. The van der Waals surface area contributed by atoms with E-state index in [-0.39, 0.29) is 16.9 Å². The molecule has 0 aliphatic heterocycles. The maximum atomic E-state index is 12.8. The summed E-state index contributed by atoms with van der Waals surface area (Å²) < 4.78 is 11.4. The first kappa shape index (κ1) is 33.3. The standard InChI is InChI=1S/C39H42O6/c1-3-31(14-11-29(2)27-40)37(42)44-35-21-17-33(18-22-35)39(25-9-7-5-4-6-8-10-26-39)34-19-23-36(24-20-34)45-38(43)32-15-12-30(28-41)13-16-32/h3,11-19,21-24,27-28,34H,2,4-10,20,25-26H2,1H3/b14-11-,31-3+. The molecule has 2 aliphatic carbocycles. The summed E-state index contributed by atoms with van der Waals surface area (Å²) in [4.78, 5) is 47.3. The lowest BCUT2D eigenvalue weighted by Gasteiger charge is -2.42. The van der Waals surface area contributed by atoms with E-state index in [0.717, 1.165) is 38.4 Å². The van der Waals surface area contributed by atoms with Crippen molar-refractivity contribution < 1.29 is 28.7 Å². The van der Waals surface area contributed by atoms with Gasteiger partial charge in [-0.25, -0.2) is 9.59 Å². The van der Waals surface area contributed by atoms with E-state index in [0.29, 0.717) is 34.5 Å². The Hall–Kier alpha value is -4.58. The third-order valence-electron chi connectivity index (χ3n) is 8.83. The van der Waals surface area contributed by atoms with E-state index in [1.165, 1.54) is 49.8 Å². The van der Waals surface area contributed by atoms with Gasteiger partial charge in [-0.05, 0) is 80.2 Å². The van der Waals surface area contributed by atoms with Gasteiger partial charge in [-0.3, -0.25) is 9.59 Å². The smallest absolute Gasteiger partial charge is 0.343 e. The summed E-state index contributed by atoms with van der Waals surface area (Å²) in [7, 11) is 0. The van der Waals surface area contributed by atoms with Gasteiger partial charge in [0, 0.05) is 16.6 Å². The Morgan fingerprint density at radius 1 is 0.844 bits per heavy atom. The Morgan fingerprint density at radius 3 is 2.04 bits per heavy atom. The van der Waals surface area contributed by atoms with Crippen LogP contribution in [0.4, 0.5) is 0 Å². The van der Waals surface area contributed by atoms with E-state index in [2.05, 4.69) is 24.8 Å². The second-order valence-corrected chi connectivity index (χ2v) is 11.8. The maximum Gasteiger partial charge on any atom is 0.343 e. The number of carbonyl (C=O) groups is 4. The molecule has 0 N–H and O–H groups in total. The van der Waals surface area contributed by atoms with Gasteiger partial charge in [0.25, 0.3) is 0 Å². The fourth-order valence-corrected chi connectivity index (χ4v) is 6.25. The van der Waals surface area contributed by atoms with Crippen molar-refractivity contribution in [2.75, 3.05) is 0 Å². The highest BCUT2D eigenvalue weighted by molar-refractivity contribution is 5.93. The van der Waals surface area contributed by atoms with Gasteiger partial charge < -0.3 is 9.47 Å². The predicted octanol–water partition coefficient (Wildman–Crippen LogP) is 8.74. The molecule has 0 spiro atoms. The van der Waals surface area contributed by atoms with E-state index in [1.54, 1.807) is 37.3 Å². The number of hydrogen-bond donors (Lipinski definition) is 0. The maximum absolute atomic E-state index is 12.8. The molecule has 1 atom stereocenters. The van der Waals surface area contributed by atoms with Crippen molar-refractivity contribution >= 4 is 24.5 Å². The molecule has 0 aromatic heterocycles. The third-order valence-corrected chi connectivity index (χ3v) is 8.83. The average molecular weight is 607 g/mol. The van der Waals surface area contributed by atoms with E-state index in [4.69, 9.17) is 9.47 Å². The van der Waals surface area contributed by atoms with E-state index in [1.807, 2.05) is 24.3 Å². The molecule has 2 aromatic carbocycles. The van der Waals surface area contributed by atoms with Gasteiger partial charge in [0.15, 0.2) is 0 Å². The van der Waals surface area contributed by atoms with Crippen LogP contribution in [0.5, 0.6) is 5.75 Å². The molecule has 0 saturated heterocycles. The van der Waals surface area contributed by atoms with Crippen LogP contribution in [0.25, 0.3) is 0 Å². The minimum Gasteiger partial charge on any atom is -0.423 e. The molecular formula is C39H42O6. The molecule has 45 heavy (non-hydrogen) atoms. The second kappa shape index (κ2) is 16.5. The van der Waals surface area contributed by atoms with Crippen LogP contribution in [0, 0.1) is 5.92 Å². The van der Waals surface area contributed by atoms with Gasteiger partial charge >= 0.3 is 11.9 Å². The van der Waals surface area contributed by atoms with Crippen molar-refractivity contribution in [2.45, 2.75) is 76.5 Å². The summed E-state index contributed by atoms with van der Waals surface area (Å²) >= 11 is 0. The van der Waals surface area contributed by atoms with Crippen LogP contribution in [-0.4, -0.2) is 24.5 Å². The second-order valence-electron chi connectivity index (χ2n) is 11.8. The topological polar surface area (TPSA) is 86.7 Å². The molecule has 0 bridgehead atoms. The molecule has 0 heterocycles. The number of hydrogen-bond acceptors (Lipinski definition) is 6. The highest BCUT2D eigenvalue weighted by Gasteiger charge is 2.39. The minimum absolute atomic E-state index is 0.112. The van der Waals surface area contributed by atoms with Gasteiger partial charge in [0.1, 0.15) is 24.1 Å². The van der Waals surface area contributed by atoms with Gasteiger partial charge in [0.2, 0.25) is 0 Å². The largest absolute Gasteiger partial charge is 0.423 e. The van der Waals surface area contributed by atoms with Crippen molar-refractivity contribution in [2.24, 2.45) is 5.92 Å². The summed E-state index contributed by atoms with van der Waals surface area (Å²) in [5.74, 6) is 0.236. The molecule has 0 radical (unpaired) electrons. The van der Waals surface area contributed by atoms with Crippen LogP contribution in [0.1, 0.15) is 97.4 Å². The normalized spacial score (nSPS) is 18.8. The van der Waals surface area contributed by atoms with Crippen molar-refractivity contribution in [3.63, 3.8) is 0 Å². The molecule has 0 amide bonds. The van der Waals surface area contributed by atoms with Crippen LogP contribution in [0.15, 0.2) is 108 Å². The van der Waals surface area contributed by atoms with Crippen molar-refractivity contribution in [3.8, 4) is 5.75 Å². The summed E-state index contributed by atoms with van der Waals surface area (Å²) in [6, 6.07) is 14.3. The average Bonchev–Trinajstić information content (AvgIpc) is 3.08. The number of ether oxygens (including phenoxy) is 2. The van der Waals surface area contributed by atoms with Gasteiger partial charge in [0.05, 0.1) is 11.1 Å². The number of allylic oxidation sites excluding steroid dienone is 6. The number of rotatable bonds is 10. The van der Waals surface area contributed by atoms with Gasteiger partial charge in [-0.15, -0.1) is 0 Å². The highest BCUT2D eigenvalue weighted by Crippen LogP contribution is 2.47. The molecule has 6 nitrogen and oxygen atoms in total.